The number of fused-ring (bicyclic) bond motifs is 1. The topological polar surface area (TPSA) is 70.7 Å². The summed E-state index contributed by atoms with van der Waals surface area (Å²) in [7, 11) is 0. The Morgan fingerprint density at radius 1 is 1.22 bits per heavy atom. The van der Waals surface area contributed by atoms with Crippen molar-refractivity contribution in [3.63, 3.8) is 0 Å². The van der Waals surface area contributed by atoms with Gasteiger partial charge in [-0.2, -0.15) is 0 Å². The number of halogens is 1. The molecule has 1 heterocycles. The van der Waals surface area contributed by atoms with E-state index in [4.69, 9.17) is 16.3 Å². The number of ether oxygens (including phenoxy) is 1. The third-order valence-electron chi connectivity index (χ3n) is 4.15. The van der Waals surface area contributed by atoms with Crippen LogP contribution in [0.1, 0.15) is 13.3 Å². The van der Waals surface area contributed by atoms with E-state index in [2.05, 4.69) is 10.6 Å². The van der Waals surface area contributed by atoms with Crippen LogP contribution in [0.25, 0.3) is 0 Å². The molecule has 0 spiro atoms. The summed E-state index contributed by atoms with van der Waals surface area (Å²) >= 11 is 5.96. The Morgan fingerprint density at radius 2 is 2.04 bits per heavy atom. The number of hydrogen-bond acceptors (Lipinski definition) is 4. The molecule has 2 N–H and O–H groups in total. The van der Waals surface area contributed by atoms with Gasteiger partial charge in [-0.1, -0.05) is 36.7 Å². The van der Waals surface area contributed by atoms with Crippen molar-refractivity contribution < 1.29 is 14.3 Å². The van der Waals surface area contributed by atoms with Crippen LogP contribution in [0.5, 0.6) is 5.75 Å². The standard InChI is InChI=1S/C20H22ClN3O3/c1-2-10-22-20(26)18-12-24(16-8-3-4-9-17(16)27-18)13-19(25)23-15-7-5-6-14(21)11-15/h3-9,11,18H,2,10,12-13H2,1H3,(H,22,26)(H,23,25)/t18-/m1/s1. The monoisotopic (exact) mass is 387 g/mol. The Bertz CT molecular complexity index is 828. The van der Waals surface area contributed by atoms with Gasteiger partial charge in [-0.05, 0) is 36.8 Å². The number of rotatable bonds is 6. The summed E-state index contributed by atoms with van der Waals surface area (Å²) in [5.74, 6) is 0.226. The van der Waals surface area contributed by atoms with Crippen molar-refractivity contribution in [2.24, 2.45) is 0 Å². The van der Waals surface area contributed by atoms with Crippen LogP contribution < -0.4 is 20.3 Å². The zero-order valence-corrected chi connectivity index (χ0v) is 15.8. The Morgan fingerprint density at radius 3 is 2.81 bits per heavy atom. The van der Waals surface area contributed by atoms with E-state index in [1.54, 1.807) is 30.3 Å². The van der Waals surface area contributed by atoms with Gasteiger partial charge in [0.05, 0.1) is 18.8 Å². The van der Waals surface area contributed by atoms with Gasteiger partial charge in [0.25, 0.3) is 5.91 Å². The number of hydrogen-bond donors (Lipinski definition) is 2. The van der Waals surface area contributed by atoms with E-state index >= 15 is 0 Å². The number of benzene rings is 2. The number of amides is 2. The van der Waals surface area contributed by atoms with E-state index in [9.17, 15) is 9.59 Å². The molecule has 2 aromatic rings. The smallest absolute Gasteiger partial charge is 0.262 e. The van der Waals surface area contributed by atoms with Crippen molar-refractivity contribution in [2.75, 3.05) is 29.9 Å². The van der Waals surface area contributed by atoms with Crippen LogP contribution in [0.4, 0.5) is 11.4 Å². The molecule has 0 saturated carbocycles. The lowest BCUT2D eigenvalue weighted by Gasteiger charge is -2.35. The minimum absolute atomic E-state index is 0.102. The highest BCUT2D eigenvalue weighted by Gasteiger charge is 2.31. The van der Waals surface area contributed by atoms with Crippen molar-refractivity contribution in [1.29, 1.82) is 0 Å². The summed E-state index contributed by atoms with van der Waals surface area (Å²) in [6, 6.07) is 14.4. The highest BCUT2D eigenvalue weighted by Crippen LogP contribution is 2.33. The molecule has 3 rings (SSSR count). The molecule has 1 aliphatic heterocycles. The van der Waals surface area contributed by atoms with Crippen molar-refractivity contribution >= 4 is 34.8 Å². The molecule has 142 valence electrons. The quantitative estimate of drug-likeness (QED) is 0.799. The van der Waals surface area contributed by atoms with Gasteiger partial charge in [0.2, 0.25) is 5.91 Å². The maximum absolute atomic E-state index is 12.5. The molecule has 0 unspecified atom stereocenters. The van der Waals surface area contributed by atoms with Crippen LogP contribution in [0.2, 0.25) is 5.02 Å². The molecule has 0 radical (unpaired) electrons. The molecule has 0 bridgehead atoms. The Hall–Kier alpha value is -2.73. The molecule has 1 atom stereocenters. The van der Waals surface area contributed by atoms with Crippen LogP contribution in [0, 0.1) is 0 Å². The lowest BCUT2D eigenvalue weighted by Crippen LogP contribution is -2.50. The van der Waals surface area contributed by atoms with Gasteiger partial charge >= 0.3 is 0 Å². The third kappa shape index (κ3) is 4.92. The summed E-state index contributed by atoms with van der Waals surface area (Å²) < 4.78 is 5.83. The molecule has 2 aromatic carbocycles. The average molecular weight is 388 g/mol. The molecule has 1 aliphatic rings. The molecule has 0 aromatic heterocycles. The van der Waals surface area contributed by atoms with Crippen molar-refractivity contribution in [1.82, 2.24) is 5.32 Å². The molecular formula is C20H22ClN3O3. The molecule has 0 fully saturated rings. The summed E-state index contributed by atoms with van der Waals surface area (Å²) in [6.07, 6.45) is 0.186. The molecule has 2 amide bonds. The fraction of sp³-hybridized carbons (Fsp3) is 0.300. The molecular weight excluding hydrogens is 366 g/mol. The largest absolute Gasteiger partial charge is 0.477 e. The SMILES string of the molecule is CCCNC(=O)[C@H]1CN(CC(=O)Nc2cccc(Cl)c2)c2ccccc2O1. The highest BCUT2D eigenvalue weighted by atomic mass is 35.5. The molecule has 6 nitrogen and oxygen atoms in total. The first kappa shape index (κ1) is 19.0. The summed E-state index contributed by atoms with van der Waals surface area (Å²) in [6.45, 7) is 2.99. The van der Waals surface area contributed by atoms with E-state index in [-0.39, 0.29) is 18.4 Å². The van der Waals surface area contributed by atoms with Gasteiger partial charge in [0, 0.05) is 17.3 Å². The van der Waals surface area contributed by atoms with E-state index in [0.717, 1.165) is 12.1 Å². The number of carbonyl (C=O) groups is 2. The van der Waals surface area contributed by atoms with E-state index in [1.165, 1.54) is 0 Å². The van der Waals surface area contributed by atoms with Gasteiger partial charge in [0.15, 0.2) is 6.10 Å². The van der Waals surface area contributed by atoms with Crippen LogP contribution in [-0.2, 0) is 9.59 Å². The fourth-order valence-electron chi connectivity index (χ4n) is 2.90. The second-order valence-electron chi connectivity index (χ2n) is 6.30. The van der Waals surface area contributed by atoms with Gasteiger partial charge in [0.1, 0.15) is 5.75 Å². The van der Waals surface area contributed by atoms with Crippen molar-refractivity contribution in [3.05, 3.63) is 53.6 Å². The molecule has 0 aliphatic carbocycles. The second kappa shape index (κ2) is 8.77. The Labute approximate surface area is 163 Å². The lowest BCUT2D eigenvalue weighted by molar-refractivity contribution is -0.128. The summed E-state index contributed by atoms with van der Waals surface area (Å²) in [5, 5.41) is 6.23. The first-order valence-electron chi connectivity index (χ1n) is 8.90. The van der Waals surface area contributed by atoms with Gasteiger partial charge in [-0.15, -0.1) is 0 Å². The maximum atomic E-state index is 12.5. The van der Waals surface area contributed by atoms with Crippen LogP contribution in [0.3, 0.4) is 0 Å². The molecule has 7 heteroatoms. The van der Waals surface area contributed by atoms with E-state index in [1.807, 2.05) is 30.0 Å². The van der Waals surface area contributed by atoms with Gasteiger partial charge < -0.3 is 20.3 Å². The van der Waals surface area contributed by atoms with Crippen LogP contribution >= 0.6 is 11.6 Å². The number of carbonyl (C=O) groups excluding carboxylic acids is 2. The van der Waals surface area contributed by atoms with Crippen molar-refractivity contribution in [2.45, 2.75) is 19.4 Å². The average Bonchev–Trinajstić information content (AvgIpc) is 2.66. The Balaban J connectivity index is 1.72. The number of nitrogens with zero attached hydrogens (tertiary/aromatic N) is 1. The first-order valence-corrected chi connectivity index (χ1v) is 9.28. The zero-order valence-electron chi connectivity index (χ0n) is 15.1. The normalized spacial score (nSPS) is 15.5. The molecule has 27 heavy (non-hydrogen) atoms. The molecule has 0 saturated heterocycles. The summed E-state index contributed by atoms with van der Waals surface area (Å²) in [4.78, 5) is 26.7. The van der Waals surface area contributed by atoms with Crippen molar-refractivity contribution in [3.8, 4) is 5.75 Å². The van der Waals surface area contributed by atoms with Gasteiger partial charge in [-0.25, -0.2) is 0 Å². The first-order chi connectivity index (χ1) is 13.1. The van der Waals surface area contributed by atoms with E-state index < -0.39 is 6.10 Å². The van der Waals surface area contributed by atoms with Crippen LogP contribution in [-0.4, -0.2) is 37.6 Å². The zero-order chi connectivity index (χ0) is 19.2. The predicted molar refractivity (Wildman–Crippen MR) is 106 cm³/mol. The second-order valence-corrected chi connectivity index (χ2v) is 6.74. The predicted octanol–water partition coefficient (Wildman–Crippen LogP) is 3.07. The maximum Gasteiger partial charge on any atom is 0.262 e. The third-order valence-corrected chi connectivity index (χ3v) is 4.38. The number of para-hydroxylation sites is 2. The lowest BCUT2D eigenvalue weighted by atomic mass is 10.1. The minimum Gasteiger partial charge on any atom is -0.477 e. The number of anilines is 2. The highest BCUT2D eigenvalue weighted by molar-refractivity contribution is 6.30. The van der Waals surface area contributed by atoms with E-state index in [0.29, 0.717) is 29.5 Å². The minimum atomic E-state index is -0.662. The van der Waals surface area contributed by atoms with Crippen LogP contribution in [0.15, 0.2) is 48.5 Å². The fourth-order valence-corrected chi connectivity index (χ4v) is 3.09. The Kier molecular flexibility index (Phi) is 6.19. The van der Waals surface area contributed by atoms with Gasteiger partial charge in [-0.3, -0.25) is 9.59 Å². The number of nitrogens with one attached hydrogen (secondary N) is 2. The summed E-state index contributed by atoms with van der Waals surface area (Å²) in [5.41, 5.74) is 1.42.